The minimum Gasteiger partial charge on any atom is -0.456 e. The van der Waals surface area contributed by atoms with Crippen LogP contribution in [0.4, 0.5) is 0 Å². The lowest BCUT2D eigenvalue weighted by Gasteiger charge is -2.34. The van der Waals surface area contributed by atoms with Crippen LogP contribution in [-0.4, -0.2) is 17.2 Å². The maximum Gasteiger partial charge on any atom is 0.179 e. The van der Waals surface area contributed by atoms with Gasteiger partial charge in [-0.1, -0.05) is 164 Å². The summed E-state index contributed by atoms with van der Waals surface area (Å²) in [7, 11) is -2.73. The molecule has 4 heteroatoms. The first-order valence-corrected chi connectivity index (χ1v) is 21.9. The summed E-state index contributed by atoms with van der Waals surface area (Å²) >= 11 is 0. The summed E-state index contributed by atoms with van der Waals surface area (Å²) in [4.78, 5) is 0. The Balaban J connectivity index is 1.11. The molecule has 0 aliphatic carbocycles. The number of para-hydroxylation sites is 3. The molecule has 0 atom stereocenters. The standard InChI is InChI=1S/C54H36N2OSi/c1-4-16-39(17-5-1)58(40-18-6-2-7-19-40,41-20-8-3-9-21-41)42-30-33-51-48(36-42)44-23-11-14-26-50(44)55(51)37-28-31-45-43-22-10-13-25-49(43)56(52(45)34-37)38-29-32-47-46-24-12-15-27-53(46)57-54(47)35-38/h1-36H. The first-order chi connectivity index (χ1) is 28.8. The SMILES string of the molecule is c1ccc([Si](c2ccccc2)(c2ccccc2)c2ccc3c(c2)c2ccccc2n3-c2ccc3c4ccccc4n(-c4ccc5c(c4)oc4ccccc45)c3c2)cc1. The van der Waals surface area contributed by atoms with Crippen molar-refractivity contribution in [2.24, 2.45) is 0 Å². The Morgan fingerprint density at radius 2 is 0.724 bits per heavy atom. The van der Waals surface area contributed by atoms with Crippen molar-refractivity contribution in [3.63, 3.8) is 0 Å². The van der Waals surface area contributed by atoms with Crippen LogP contribution >= 0.6 is 0 Å². The second-order valence-corrected chi connectivity index (χ2v) is 19.1. The van der Waals surface area contributed by atoms with Gasteiger partial charge in [0, 0.05) is 49.8 Å². The van der Waals surface area contributed by atoms with Gasteiger partial charge in [-0.25, -0.2) is 0 Å². The molecule has 3 heterocycles. The molecule has 3 aromatic heterocycles. The highest BCUT2D eigenvalue weighted by molar-refractivity contribution is 7.20. The summed E-state index contributed by atoms with van der Waals surface area (Å²) in [5, 5.41) is 12.7. The largest absolute Gasteiger partial charge is 0.456 e. The van der Waals surface area contributed by atoms with Crippen molar-refractivity contribution in [2.45, 2.75) is 0 Å². The van der Waals surface area contributed by atoms with Gasteiger partial charge in [0.2, 0.25) is 0 Å². The number of benzene rings is 9. The molecule has 0 aliphatic heterocycles. The van der Waals surface area contributed by atoms with Crippen LogP contribution < -0.4 is 20.7 Å². The summed E-state index contributed by atoms with van der Waals surface area (Å²) < 4.78 is 11.2. The van der Waals surface area contributed by atoms with E-state index < -0.39 is 8.07 Å². The molecule has 0 radical (unpaired) electrons. The monoisotopic (exact) mass is 756 g/mol. The third-order valence-corrected chi connectivity index (χ3v) is 17.0. The summed E-state index contributed by atoms with van der Waals surface area (Å²) in [6.45, 7) is 0. The van der Waals surface area contributed by atoms with Crippen molar-refractivity contribution in [2.75, 3.05) is 0 Å². The molecule has 0 saturated carbocycles. The first kappa shape index (κ1) is 32.8. The number of nitrogens with zero attached hydrogens (tertiary/aromatic N) is 2. The van der Waals surface area contributed by atoms with Gasteiger partial charge in [-0.3, -0.25) is 0 Å². The second-order valence-electron chi connectivity index (χ2n) is 15.3. The van der Waals surface area contributed by atoms with E-state index in [1.165, 1.54) is 58.8 Å². The summed E-state index contributed by atoms with van der Waals surface area (Å²) in [5.74, 6) is 0. The van der Waals surface area contributed by atoms with E-state index in [0.29, 0.717) is 0 Å². The van der Waals surface area contributed by atoms with Crippen LogP contribution in [-0.2, 0) is 0 Å². The predicted molar refractivity (Wildman–Crippen MR) is 246 cm³/mol. The molecule has 0 N–H and O–H groups in total. The summed E-state index contributed by atoms with van der Waals surface area (Å²) in [6, 6.07) is 80.3. The van der Waals surface area contributed by atoms with Gasteiger partial charge in [-0.2, -0.15) is 0 Å². The molecule has 12 aromatic rings. The molecule has 0 fully saturated rings. The zero-order chi connectivity index (χ0) is 38.2. The topological polar surface area (TPSA) is 23.0 Å². The average Bonchev–Trinajstić information content (AvgIpc) is 3.95. The predicted octanol–water partition coefficient (Wildman–Crippen LogP) is 11.2. The molecule has 0 aliphatic rings. The average molecular weight is 757 g/mol. The van der Waals surface area contributed by atoms with Crippen LogP contribution in [0.25, 0.3) is 76.9 Å². The van der Waals surface area contributed by atoms with E-state index in [1.807, 2.05) is 12.1 Å². The molecule has 58 heavy (non-hydrogen) atoms. The highest BCUT2D eigenvalue weighted by atomic mass is 28.3. The normalized spacial score (nSPS) is 12.1. The van der Waals surface area contributed by atoms with Gasteiger partial charge in [0.15, 0.2) is 8.07 Å². The molecule has 0 saturated heterocycles. The van der Waals surface area contributed by atoms with Crippen LogP contribution in [0.3, 0.4) is 0 Å². The van der Waals surface area contributed by atoms with Gasteiger partial charge in [-0.15, -0.1) is 0 Å². The third kappa shape index (κ3) is 4.73. The van der Waals surface area contributed by atoms with E-state index in [2.05, 4.69) is 215 Å². The minimum atomic E-state index is -2.73. The van der Waals surface area contributed by atoms with Crippen molar-refractivity contribution in [3.8, 4) is 11.4 Å². The number of furan rings is 1. The minimum absolute atomic E-state index is 0.889. The molecule has 0 amide bonds. The van der Waals surface area contributed by atoms with Gasteiger partial charge >= 0.3 is 0 Å². The van der Waals surface area contributed by atoms with E-state index in [9.17, 15) is 0 Å². The number of rotatable bonds is 6. The molecular formula is C54H36N2OSi. The van der Waals surface area contributed by atoms with Crippen molar-refractivity contribution < 1.29 is 4.42 Å². The van der Waals surface area contributed by atoms with Crippen LogP contribution in [0.1, 0.15) is 0 Å². The van der Waals surface area contributed by atoms with Gasteiger partial charge < -0.3 is 13.6 Å². The highest BCUT2D eigenvalue weighted by Crippen LogP contribution is 2.38. The third-order valence-electron chi connectivity index (χ3n) is 12.3. The molecule has 3 nitrogen and oxygen atoms in total. The quantitative estimate of drug-likeness (QED) is 0.122. The number of aromatic nitrogens is 2. The van der Waals surface area contributed by atoms with E-state index in [4.69, 9.17) is 4.42 Å². The van der Waals surface area contributed by atoms with Crippen LogP contribution in [0.15, 0.2) is 223 Å². The van der Waals surface area contributed by atoms with Crippen LogP contribution in [0, 0.1) is 0 Å². The smallest absolute Gasteiger partial charge is 0.179 e. The van der Waals surface area contributed by atoms with Crippen molar-refractivity contribution in [3.05, 3.63) is 218 Å². The van der Waals surface area contributed by atoms with E-state index in [-0.39, 0.29) is 0 Å². The Morgan fingerprint density at radius 3 is 1.36 bits per heavy atom. The highest BCUT2D eigenvalue weighted by Gasteiger charge is 2.41. The fraction of sp³-hybridized carbons (Fsp3) is 0. The lowest BCUT2D eigenvalue weighted by molar-refractivity contribution is 0.668. The van der Waals surface area contributed by atoms with E-state index in [0.717, 1.165) is 38.8 Å². The fourth-order valence-corrected chi connectivity index (χ4v) is 14.6. The summed E-state index contributed by atoms with van der Waals surface area (Å²) in [5.41, 5.74) is 8.69. The van der Waals surface area contributed by atoms with Crippen molar-refractivity contribution in [1.82, 2.24) is 9.13 Å². The van der Waals surface area contributed by atoms with Gasteiger partial charge in [0.1, 0.15) is 11.2 Å². The maximum atomic E-state index is 6.40. The lowest BCUT2D eigenvalue weighted by atomic mass is 10.1. The zero-order valence-corrected chi connectivity index (χ0v) is 32.6. The molecule has 0 spiro atoms. The molecule has 12 rings (SSSR count). The molecule has 272 valence electrons. The Labute approximate surface area is 336 Å². The summed E-state index contributed by atoms with van der Waals surface area (Å²) in [6.07, 6.45) is 0. The lowest BCUT2D eigenvalue weighted by Crippen LogP contribution is -2.74. The molecule has 0 bridgehead atoms. The molecular weight excluding hydrogens is 721 g/mol. The first-order valence-electron chi connectivity index (χ1n) is 19.9. The Morgan fingerprint density at radius 1 is 0.276 bits per heavy atom. The fourth-order valence-electron chi connectivity index (χ4n) is 9.78. The Kier molecular flexibility index (Phi) is 7.25. The van der Waals surface area contributed by atoms with E-state index >= 15 is 0 Å². The number of hydrogen-bond donors (Lipinski definition) is 0. The van der Waals surface area contributed by atoms with Crippen molar-refractivity contribution in [1.29, 1.82) is 0 Å². The van der Waals surface area contributed by atoms with Gasteiger partial charge in [-0.05, 0) is 69.3 Å². The van der Waals surface area contributed by atoms with Gasteiger partial charge in [0.05, 0.1) is 22.1 Å². The van der Waals surface area contributed by atoms with Crippen molar-refractivity contribution >= 4 is 94.4 Å². The zero-order valence-electron chi connectivity index (χ0n) is 31.6. The Bertz CT molecular complexity index is 3410. The molecule has 9 aromatic carbocycles. The van der Waals surface area contributed by atoms with Gasteiger partial charge in [0.25, 0.3) is 0 Å². The van der Waals surface area contributed by atoms with E-state index in [1.54, 1.807) is 0 Å². The Hall–Kier alpha value is -7.40. The number of fused-ring (bicyclic) bond motifs is 9. The maximum absolute atomic E-state index is 6.40. The van der Waals surface area contributed by atoms with Crippen LogP contribution in [0.5, 0.6) is 0 Å². The molecule has 0 unspecified atom stereocenters. The number of hydrogen-bond acceptors (Lipinski definition) is 1. The van der Waals surface area contributed by atoms with Crippen LogP contribution in [0.2, 0.25) is 0 Å². The second kappa shape index (κ2) is 12.8.